The van der Waals surface area contributed by atoms with Crippen LogP contribution in [-0.2, 0) is 6.54 Å². The monoisotopic (exact) mass is 415 g/mol. The highest BCUT2D eigenvalue weighted by molar-refractivity contribution is 5.66. The number of rotatable bonds is 7. The molecule has 0 aliphatic heterocycles. The molecule has 0 aromatic heterocycles. The number of hydrogen-bond donors (Lipinski definition) is 1. The summed E-state index contributed by atoms with van der Waals surface area (Å²) in [5, 5.41) is 3.08. The Hall–Kier alpha value is -1.94. The van der Waals surface area contributed by atoms with E-state index in [-0.39, 0.29) is 18.2 Å². The average molecular weight is 416 g/mol. The van der Waals surface area contributed by atoms with Crippen molar-refractivity contribution in [2.24, 2.45) is 11.3 Å². The Bertz CT molecular complexity index is 818. The van der Waals surface area contributed by atoms with Gasteiger partial charge in [0.15, 0.2) is 0 Å². The quantitative estimate of drug-likeness (QED) is 0.486. The van der Waals surface area contributed by atoms with Crippen LogP contribution >= 0.6 is 0 Å². The van der Waals surface area contributed by atoms with E-state index in [1.54, 1.807) is 0 Å². The van der Waals surface area contributed by atoms with Crippen LogP contribution in [-0.4, -0.2) is 12.6 Å². The lowest BCUT2D eigenvalue weighted by atomic mass is 9.72. The molecule has 2 aromatic rings. The van der Waals surface area contributed by atoms with Crippen LogP contribution in [0.5, 0.6) is 5.75 Å². The van der Waals surface area contributed by atoms with Gasteiger partial charge in [0, 0.05) is 17.7 Å². The highest BCUT2D eigenvalue weighted by Crippen LogP contribution is 2.39. The van der Waals surface area contributed by atoms with Gasteiger partial charge in [-0.3, -0.25) is 0 Å². The predicted molar refractivity (Wildman–Crippen MR) is 120 cm³/mol. The Morgan fingerprint density at radius 3 is 2.23 bits per heavy atom. The molecule has 0 unspecified atom stereocenters. The molecule has 0 bridgehead atoms. The zero-order chi connectivity index (χ0) is 21.7. The van der Waals surface area contributed by atoms with Gasteiger partial charge in [-0.15, -0.1) is 0 Å². The molecule has 2 nitrogen and oxygen atoms in total. The fourth-order valence-corrected chi connectivity index (χ4v) is 4.33. The molecular weight excluding hydrogens is 380 g/mol. The highest BCUT2D eigenvalue weighted by atomic mass is 19.1. The number of hydrogen-bond acceptors (Lipinski definition) is 2. The van der Waals surface area contributed by atoms with E-state index in [1.807, 2.05) is 31.2 Å². The molecule has 1 aliphatic carbocycles. The molecule has 0 radical (unpaired) electrons. The van der Waals surface area contributed by atoms with Crippen LogP contribution in [0.1, 0.15) is 65.4 Å². The van der Waals surface area contributed by atoms with E-state index in [0.29, 0.717) is 11.0 Å². The summed E-state index contributed by atoms with van der Waals surface area (Å²) in [5.41, 5.74) is 1.60. The fourth-order valence-electron chi connectivity index (χ4n) is 4.33. The van der Waals surface area contributed by atoms with Crippen LogP contribution in [0.4, 0.5) is 8.78 Å². The molecule has 164 valence electrons. The van der Waals surface area contributed by atoms with Crippen LogP contribution in [0, 0.1) is 23.0 Å². The van der Waals surface area contributed by atoms with Gasteiger partial charge in [0.25, 0.3) is 0 Å². The molecule has 2 aromatic carbocycles. The summed E-state index contributed by atoms with van der Waals surface area (Å²) in [6, 6.07) is 10.4. The summed E-state index contributed by atoms with van der Waals surface area (Å²) in [7, 11) is 0. The first-order valence-electron chi connectivity index (χ1n) is 11.2. The zero-order valence-corrected chi connectivity index (χ0v) is 18.7. The molecule has 0 saturated heterocycles. The molecule has 3 rings (SSSR count). The third-order valence-corrected chi connectivity index (χ3v) is 6.28. The minimum Gasteiger partial charge on any atom is -0.490 e. The molecule has 4 heteroatoms. The summed E-state index contributed by atoms with van der Waals surface area (Å²) in [6.45, 7) is 9.90. The van der Waals surface area contributed by atoms with Crippen molar-refractivity contribution in [1.29, 1.82) is 0 Å². The number of halogens is 2. The lowest BCUT2D eigenvalue weighted by Crippen LogP contribution is -2.30. The molecule has 1 fully saturated rings. The Morgan fingerprint density at radius 1 is 0.967 bits per heavy atom. The first-order chi connectivity index (χ1) is 14.3. The Labute approximate surface area is 180 Å². The van der Waals surface area contributed by atoms with Gasteiger partial charge in [0.1, 0.15) is 17.4 Å². The van der Waals surface area contributed by atoms with E-state index in [2.05, 4.69) is 26.1 Å². The summed E-state index contributed by atoms with van der Waals surface area (Å²) < 4.78 is 35.2. The average Bonchev–Trinajstić information content (AvgIpc) is 2.71. The molecule has 0 atom stereocenters. The SMILES string of the molecule is CCCNCc1c(F)ccc(-c2ccc(O[C@H]3CC[C@H](C(C)(C)C)CC3)cc2)c1F. The maximum Gasteiger partial charge on any atom is 0.138 e. The second kappa shape index (κ2) is 9.91. The van der Waals surface area contributed by atoms with Crippen LogP contribution in [0.3, 0.4) is 0 Å². The molecule has 1 N–H and O–H groups in total. The predicted octanol–water partition coefficient (Wildman–Crippen LogP) is 7.12. The van der Waals surface area contributed by atoms with Gasteiger partial charge in [0.2, 0.25) is 0 Å². The van der Waals surface area contributed by atoms with E-state index in [9.17, 15) is 8.78 Å². The third kappa shape index (κ3) is 5.60. The topological polar surface area (TPSA) is 21.3 Å². The van der Waals surface area contributed by atoms with E-state index >= 15 is 0 Å². The van der Waals surface area contributed by atoms with Crippen molar-refractivity contribution in [3.63, 3.8) is 0 Å². The van der Waals surface area contributed by atoms with Crippen molar-refractivity contribution in [2.75, 3.05) is 6.54 Å². The van der Waals surface area contributed by atoms with Crippen LogP contribution in [0.15, 0.2) is 36.4 Å². The van der Waals surface area contributed by atoms with Crippen LogP contribution < -0.4 is 10.1 Å². The number of ether oxygens (including phenoxy) is 1. The van der Waals surface area contributed by atoms with Crippen molar-refractivity contribution < 1.29 is 13.5 Å². The van der Waals surface area contributed by atoms with Crippen molar-refractivity contribution in [1.82, 2.24) is 5.32 Å². The molecule has 0 heterocycles. The first kappa shape index (κ1) is 22.7. The Morgan fingerprint density at radius 2 is 1.63 bits per heavy atom. The largest absolute Gasteiger partial charge is 0.490 e. The van der Waals surface area contributed by atoms with Gasteiger partial charge in [-0.05, 0) is 79.8 Å². The van der Waals surface area contributed by atoms with E-state index in [4.69, 9.17) is 4.74 Å². The molecule has 0 amide bonds. The van der Waals surface area contributed by atoms with Crippen LogP contribution in [0.25, 0.3) is 11.1 Å². The maximum absolute atomic E-state index is 14.9. The minimum absolute atomic E-state index is 0.0943. The third-order valence-electron chi connectivity index (χ3n) is 6.28. The zero-order valence-electron chi connectivity index (χ0n) is 18.7. The fraction of sp³-hybridized carbons (Fsp3) is 0.538. The van der Waals surface area contributed by atoms with Crippen molar-refractivity contribution >= 4 is 0 Å². The highest BCUT2D eigenvalue weighted by Gasteiger charge is 2.30. The Balaban J connectivity index is 1.65. The molecule has 30 heavy (non-hydrogen) atoms. The van der Waals surface area contributed by atoms with Crippen molar-refractivity contribution in [2.45, 2.75) is 72.4 Å². The summed E-state index contributed by atoms with van der Waals surface area (Å²) >= 11 is 0. The summed E-state index contributed by atoms with van der Waals surface area (Å²) in [6.07, 6.45) is 5.70. The van der Waals surface area contributed by atoms with Gasteiger partial charge < -0.3 is 10.1 Å². The van der Waals surface area contributed by atoms with Crippen LogP contribution in [0.2, 0.25) is 0 Å². The lowest BCUT2D eigenvalue weighted by Gasteiger charge is -2.36. The molecule has 0 spiro atoms. The Kier molecular flexibility index (Phi) is 7.51. The van der Waals surface area contributed by atoms with E-state index in [0.717, 1.165) is 43.0 Å². The second-order valence-electron chi connectivity index (χ2n) is 9.55. The van der Waals surface area contributed by atoms with Gasteiger partial charge >= 0.3 is 0 Å². The maximum atomic E-state index is 14.9. The van der Waals surface area contributed by atoms with Gasteiger partial charge in [0.05, 0.1) is 6.10 Å². The first-order valence-corrected chi connectivity index (χ1v) is 11.2. The van der Waals surface area contributed by atoms with Gasteiger partial charge in [-0.2, -0.15) is 0 Å². The molecular formula is C26H35F2NO. The summed E-state index contributed by atoms with van der Waals surface area (Å²) in [4.78, 5) is 0. The normalized spacial score (nSPS) is 19.7. The standard InChI is InChI=1S/C26H35F2NO/c1-5-16-29-17-23-24(27)15-14-22(25(23)28)18-6-10-20(11-7-18)30-21-12-8-19(9-13-21)26(2,3)4/h6-7,10-11,14-15,19,21,29H,5,8-9,12-13,16-17H2,1-4H3/t19-,21-. The minimum atomic E-state index is -0.509. The smallest absolute Gasteiger partial charge is 0.138 e. The number of benzene rings is 2. The lowest BCUT2D eigenvalue weighted by molar-refractivity contribution is 0.0882. The second-order valence-corrected chi connectivity index (χ2v) is 9.55. The van der Waals surface area contributed by atoms with E-state index in [1.165, 1.54) is 25.0 Å². The molecule has 1 aliphatic rings. The van der Waals surface area contributed by atoms with Gasteiger partial charge in [-0.25, -0.2) is 8.78 Å². The van der Waals surface area contributed by atoms with Crippen molar-refractivity contribution in [3.05, 3.63) is 53.6 Å². The van der Waals surface area contributed by atoms with Gasteiger partial charge in [-0.1, -0.05) is 39.8 Å². The van der Waals surface area contributed by atoms with E-state index < -0.39 is 11.6 Å². The molecule has 1 saturated carbocycles. The van der Waals surface area contributed by atoms with Crippen molar-refractivity contribution in [3.8, 4) is 16.9 Å². The number of nitrogens with one attached hydrogen (secondary N) is 1. The summed E-state index contributed by atoms with van der Waals surface area (Å²) in [5.74, 6) is 0.561.